The van der Waals surface area contributed by atoms with Gasteiger partial charge in [-0.3, -0.25) is 0 Å². The van der Waals surface area contributed by atoms with E-state index >= 15 is 0 Å². The molecule has 4 heteroatoms. The molecule has 0 aromatic rings. The van der Waals surface area contributed by atoms with Gasteiger partial charge in [0.05, 0.1) is 13.1 Å². The van der Waals surface area contributed by atoms with Crippen LogP contribution >= 0.6 is 0 Å². The Hall–Kier alpha value is -1.24. The zero-order valence-electron chi connectivity index (χ0n) is 11.1. The summed E-state index contributed by atoms with van der Waals surface area (Å²) < 4.78 is 0. The van der Waals surface area contributed by atoms with E-state index in [2.05, 4.69) is 16.9 Å². The van der Waals surface area contributed by atoms with Crippen molar-refractivity contribution in [3.8, 4) is 0 Å². The van der Waals surface area contributed by atoms with Gasteiger partial charge < -0.3 is 0 Å². The normalized spacial score (nSPS) is 24.7. The smallest absolute Gasteiger partial charge is 0.211 e. The Balaban J connectivity index is 2.51. The number of nitrogens with zero attached hydrogens (tertiary/aromatic N) is 2. The first-order chi connectivity index (χ1) is 8.79. The SMILES string of the molecule is CC1CCCCC1C(CCCN=C=O)CN=C=O. The second kappa shape index (κ2) is 8.79. The Morgan fingerprint density at radius 2 is 1.89 bits per heavy atom. The lowest BCUT2D eigenvalue weighted by atomic mass is 9.72. The van der Waals surface area contributed by atoms with Crippen LogP contribution in [0.2, 0.25) is 0 Å². The molecule has 0 radical (unpaired) electrons. The van der Waals surface area contributed by atoms with Gasteiger partial charge in [0.2, 0.25) is 12.2 Å². The summed E-state index contributed by atoms with van der Waals surface area (Å²) in [4.78, 5) is 27.6. The van der Waals surface area contributed by atoms with Crippen LogP contribution in [0.1, 0.15) is 45.4 Å². The molecule has 0 aromatic carbocycles. The Labute approximate surface area is 109 Å². The highest BCUT2D eigenvalue weighted by molar-refractivity contribution is 5.33. The van der Waals surface area contributed by atoms with Crippen LogP contribution in [0.4, 0.5) is 0 Å². The molecule has 1 fully saturated rings. The largest absolute Gasteiger partial charge is 0.234 e. The standard InChI is InChI=1S/C14H22N2O2/c1-12-5-2-3-7-14(12)13(9-16-11-18)6-4-8-15-10-17/h12-14H,2-9H2,1H3. The summed E-state index contributed by atoms with van der Waals surface area (Å²) in [6.45, 7) is 3.40. The zero-order chi connectivity index (χ0) is 13.2. The Kier molecular flexibility index (Phi) is 7.24. The Morgan fingerprint density at radius 3 is 2.56 bits per heavy atom. The molecular formula is C14H22N2O2. The molecule has 0 N–H and O–H groups in total. The fourth-order valence-electron chi connectivity index (χ4n) is 3.12. The number of rotatable bonds is 7. The highest BCUT2D eigenvalue weighted by atomic mass is 16.1. The van der Waals surface area contributed by atoms with Gasteiger partial charge in [-0.15, -0.1) is 0 Å². The van der Waals surface area contributed by atoms with Crippen molar-refractivity contribution in [2.24, 2.45) is 27.7 Å². The van der Waals surface area contributed by atoms with Crippen LogP contribution in [-0.2, 0) is 9.59 Å². The van der Waals surface area contributed by atoms with E-state index < -0.39 is 0 Å². The zero-order valence-corrected chi connectivity index (χ0v) is 11.1. The summed E-state index contributed by atoms with van der Waals surface area (Å²) in [5.74, 6) is 1.79. The van der Waals surface area contributed by atoms with E-state index in [1.807, 2.05) is 0 Å². The summed E-state index contributed by atoms with van der Waals surface area (Å²) >= 11 is 0. The molecule has 100 valence electrons. The molecule has 1 aliphatic rings. The quantitative estimate of drug-likeness (QED) is 0.396. The predicted molar refractivity (Wildman–Crippen MR) is 69.8 cm³/mol. The lowest BCUT2D eigenvalue weighted by molar-refractivity contribution is 0.169. The molecule has 18 heavy (non-hydrogen) atoms. The van der Waals surface area contributed by atoms with E-state index in [0.29, 0.717) is 30.8 Å². The average Bonchev–Trinajstić information content (AvgIpc) is 2.39. The third-order valence-electron chi connectivity index (χ3n) is 4.08. The van der Waals surface area contributed by atoms with Gasteiger partial charge in [-0.25, -0.2) is 19.6 Å². The van der Waals surface area contributed by atoms with Gasteiger partial charge in [-0.1, -0.05) is 26.2 Å². The van der Waals surface area contributed by atoms with E-state index in [1.54, 1.807) is 12.2 Å². The third-order valence-corrected chi connectivity index (χ3v) is 4.08. The van der Waals surface area contributed by atoms with Crippen molar-refractivity contribution in [3.63, 3.8) is 0 Å². The molecule has 0 bridgehead atoms. The number of carbonyl (C=O) groups excluding carboxylic acids is 2. The second-order valence-electron chi connectivity index (χ2n) is 5.23. The highest BCUT2D eigenvalue weighted by Crippen LogP contribution is 2.37. The molecule has 0 aromatic heterocycles. The lowest BCUT2D eigenvalue weighted by Crippen LogP contribution is -2.27. The van der Waals surface area contributed by atoms with Crippen molar-refractivity contribution >= 4 is 12.2 Å². The minimum atomic E-state index is 0.434. The van der Waals surface area contributed by atoms with Crippen LogP contribution in [0.5, 0.6) is 0 Å². The molecule has 3 unspecified atom stereocenters. The van der Waals surface area contributed by atoms with Crippen molar-refractivity contribution in [1.29, 1.82) is 0 Å². The topological polar surface area (TPSA) is 58.9 Å². The molecule has 3 atom stereocenters. The van der Waals surface area contributed by atoms with Crippen molar-refractivity contribution in [3.05, 3.63) is 0 Å². The first kappa shape index (κ1) is 14.8. The van der Waals surface area contributed by atoms with Gasteiger partial charge in [0.15, 0.2) is 0 Å². The molecule has 0 heterocycles. The molecule has 0 saturated heterocycles. The molecular weight excluding hydrogens is 228 g/mol. The first-order valence-electron chi connectivity index (χ1n) is 6.86. The van der Waals surface area contributed by atoms with Crippen LogP contribution in [0.15, 0.2) is 9.98 Å². The fourth-order valence-corrected chi connectivity index (χ4v) is 3.12. The Bertz CT molecular complexity index is 331. The first-order valence-corrected chi connectivity index (χ1v) is 6.86. The number of hydrogen-bond acceptors (Lipinski definition) is 4. The molecule has 4 nitrogen and oxygen atoms in total. The van der Waals surface area contributed by atoms with Gasteiger partial charge in [0.1, 0.15) is 0 Å². The Morgan fingerprint density at radius 1 is 1.17 bits per heavy atom. The molecule has 1 saturated carbocycles. The fraction of sp³-hybridized carbons (Fsp3) is 0.857. The highest BCUT2D eigenvalue weighted by Gasteiger charge is 2.28. The molecule has 0 spiro atoms. The van der Waals surface area contributed by atoms with Crippen molar-refractivity contribution < 1.29 is 9.59 Å². The third kappa shape index (κ3) is 4.95. The average molecular weight is 250 g/mol. The van der Waals surface area contributed by atoms with Gasteiger partial charge in [-0.2, -0.15) is 0 Å². The van der Waals surface area contributed by atoms with Crippen molar-refractivity contribution in [1.82, 2.24) is 0 Å². The van der Waals surface area contributed by atoms with E-state index in [-0.39, 0.29) is 0 Å². The summed E-state index contributed by atoms with van der Waals surface area (Å²) in [6, 6.07) is 0. The van der Waals surface area contributed by atoms with E-state index in [1.165, 1.54) is 25.7 Å². The number of aliphatic imine (C=N–C) groups is 2. The van der Waals surface area contributed by atoms with E-state index in [4.69, 9.17) is 0 Å². The van der Waals surface area contributed by atoms with Crippen molar-refractivity contribution in [2.75, 3.05) is 13.1 Å². The van der Waals surface area contributed by atoms with Gasteiger partial charge in [-0.05, 0) is 37.0 Å². The maximum Gasteiger partial charge on any atom is 0.234 e. The minimum Gasteiger partial charge on any atom is -0.211 e. The predicted octanol–water partition coefficient (Wildman–Crippen LogP) is 2.88. The second-order valence-corrected chi connectivity index (χ2v) is 5.23. The summed E-state index contributed by atoms with van der Waals surface area (Å²) in [5.41, 5.74) is 0. The van der Waals surface area contributed by atoms with Crippen LogP contribution < -0.4 is 0 Å². The van der Waals surface area contributed by atoms with Crippen LogP contribution in [0.3, 0.4) is 0 Å². The van der Waals surface area contributed by atoms with Crippen LogP contribution in [0.25, 0.3) is 0 Å². The van der Waals surface area contributed by atoms with Gasteiger partial charge in [0.25, 0.3) is 0 Å². The van der Waals surface area contributed by atoms with E-state index in [9.17, 15) is 9.59 Å². The monoisotopic (exact) mass is 250 g/mol. The van der Waals surface area contributed by atoms with Crippen LogP contribution in [0, 0.1) is 17.8 Å². The summed E-state index contributed by atoms with van der Waals surface area (Å²) in [7, 11) is 0. The summed E-state index contributed by atoms with van der Waals surface area (Å²) in [5, 5.41) is 0. The van der Waals surface area contributed by atoms with Crippen LogP contribution in [-0.4, -0.2) is 25.2 Å². The summed E-state index contributed by atoms with van der Waals surface area (Å²) in [6.07, 6.45) is 10.2. The van der Waals surface area contributed by atoms with E-state index in [0.717, 1.165) is 12.8 Å². The van der Waals surface area contributed by atoms with Gasteiger partial charge in [0, 0.05) is 0 Å². The maximum absolute atomic E-state index is 10.3. The maximum atomic E-state index is 10.3. The molecule has 0 aliphatic heterocycles. The lowest BCUT2D eigenvalue weighted by Gasteiger charge is -2.34. The molecule has 1 aliphatic carbocycles. The number of hydrogen-bond donors (Lipinski definition) is 0. The minimum absolute atomic E-state index is 0.434. The number of isocyanates is 2. The molecule has 0 amide bonds. The van der Waals surface area contributed by atoms with Gasteiger partial charge >= 0.3 is 0 Å². The molecule has 1 rings (SSSR count). The van der Waals surface area contributed by atoms with Crippen molar-refractivity contribution in [2.45, 2.75) is 45.4 Å².